The number of carbonyl (C=O) groups excluding carboxylic acids is 3. The van der Waals surface area contributed by atoms with E-state index < -0.39 is 11.8 Å². The van der Waals surface area contributed by atoms with Crippen molar-refractivity contribution in [2.24, 2.45) is 9.98 Å². The molecule has 7 nitrogen and oxygen atoms in total. The highest BCUT2D eigenvalue weighted by atomic mass is 17.2. The van der Waals surface area contributed by atoms with Crippen molar-refractivity contribution in [1.29, 1.82) is 0 Å². The molecule has 0 atom stereocenters. The van der Waals surface area contributed by atoms with Crippen LogP contribution in [0.2, 0.25) is 0 Å². The molecule has 1 aliphatic heterocycles. The molecule has 0 unspecified atom stereocenters. The van der Waals surface area contributed by atoms with Crippen LogP contribution in [0.3, 0.4) is 0 Å². The topological polar surface area (TPSA) is 82.6 Å². The van der Waals surface area contributed by atoms with E-state index in [1.165, 1.54) is 0 Å². The Hall–Kier alpha value is -2.31. The van der Waals surface area contributed by atoms with Crippen LogP contribution in [0, 0.1) is 0 Å². The summed E-state index contributed by atoms with van der Waals surface area (Å²) in [7, 11) is 0. The predicted molar refractivity (Wildman–Crippen MR) is 79.3 cm³/mol. The lowest BCUT2D eigenvalue weighted by atomic mass is 10.3. The Labute approximate surface area is 127 Å². The van der Waals surface area contributed by atoms with E-state index in [-0.39, 0.29) is 6.03 Å². The van der Waals surface area contributed by atoms with E-state index in [1.807, 2.05) is 0 Å². The maximum absolute atomic E-state index is 11.4. The van der Waals surface area contributed by atoms with Crippen molar-refractivity contribution < 1.29 is 19.2 Å². The fourth-order valence-corrected chi connectivity index (χ4v) is 2.65. The van der Waals surface area contributed by atoms with Gasteiger partial charge in [0.2, 0.25) is 0 Å². The van der Waals surface area contributed by atoms with E-state index in [0.29, 0.717) is 5.06 Å². The average molecular weight is 304 g/mol. The summed E-state index contributed by atoms with van der Waals surface area (Å²) in [5.41, 5.74) is 2.02. The second kappa shape index (κ2) is 6.64. The summed E-state index contributed by atoms with van der Waals surface area (Å²) < 4.78 is 5.08. The highest BCUT2D eigenvalue weighted by Crippen LogP contribution is 2.18. The second-order valence-electron chi connectivity index (χ2n) is 5.51. The van der Waals surface area contributed by atoms with Gasteiger partial charge in [-0.05, 0) is 56.4 Å². The normalized spacial score (nSPS) is 20.8. The second-order valence-corrected chi connectivity index (χ2v) is 5.51. The molecule has 3 aliphatic rings. The number of rotatable bonds is 2. The number of carbonyl (C=O) groups is 2. The fourth-order valence-electron chi connectivity index (χ4n) is 2.65. The molecule has 1 heterocycles. The third-order valence-electron chi connectivity index (χ3n) is 3.82. The van der Waals surface area contributed by atoms with Crippen LogP contribution in [0.5, 0.6) is 0 Å². The molecule has 2 aliphatic carbocycles. The number of hydrogen-bond donors (Lipinski definition) is 0. The molecule has 0 bridgehead atoms. The Morgan fingerprint density at radius 1 is 0.909 bits per heavy atom. The van der Waals surface area contributed by atoms with Crippen LogP contribution in [-0.2, 0) is 14.6 Å². The van der Waals surface area contributed by atoms with E-state index in [0.717, 1.165) is 74.9 Å². The van der Waals surface area contributed by atoms with Gasteiger partial charge in [-0.25, -0.2) is 0 Å². The minimum atomic E-state index is -0.577. The Kier molecular flexibility index (Phi) is 4.41. The minimum Gasteiger partial charge on any atom is -0.266 e. The van der Waals surface area contributed by atoms with E-state index >= 15 is 0 Å². The molecule has 0 aromatic heterocycles. The first-order chi connectivity index (χ1) is 10.7. The largest absolute Gasteiger partial charge is 0.640 e. The van der Waals surface area contributed by atoms with Crippen LogP contribution in [-0.4, -0.2) is 34.3 Å². The minimum absolute atomic E-state index is 0.0706. The van der Waals surface area contributed by atoms with Crippen molar-refractivity contribution in [2.75, 3.05) is 0 Å². The standard InChI is InChI=1S/C15H18N3O4/c19-13-9-10-14(20)18(13)22-21-15(16-11-5-1-2-6-11)17-12-7-3-4-8-12/h9-10H,1-8H2/q+1. The number of hydroxylamine groups is 2. The quantitative estimate of drug-likeness (QED) is 0.340. The summed E-state index contributed by atoms with van der Waals surface area (Å²) >= 11 is 0. The highest BCUT2D eigenvalue weighted by molar-refractivity contribution is 6.11. The molecule has 0 aromatic rings. The van der Waals surface area contributed by atoms with Gasteiger partial charge in [0, 0.05) is 28.6 Å². The molecular weight excluding hydrogens is 286 g/mol. The van der Waals surface area contributed by atoms with Gasteiger partial charge in [0.25, 0.3) is 11.8 Å². The van der Waals surface area contributed by atoms with Gasteiger partial charge in [-0.1, -0.05) is 0 Å². The van der Waals surface area contributed by atoms with Crippen LogP contribution in [0.1, 0.15) is 51.4 Å². The first-order valence-electron chi connectivity index (χ1n) is 7.63. The summed E-state index contributed by atoms with van der Waals surface area (Å²) in [6.07, 6.45) is 10.3. The lowest BCUT2D eigenvalue weighted by Crippen LogP contribution is -2.27. The van der Waals surface area contributed by atoms with Crippen LogP contribution >= 0.6 is 0 Å². The van der Waals surface area contributed by atoms with Crippen LogP contribution in [0.4, 0.5) is 4.58 Å². The molecule has 4 amide bonds. The van der Waals surface area contributed by atoms with Crippen molar-refractivity contribution in [3.8, 4) is 0 Å². The van der Waals surface area contributed by atoms with Crippen molar-refractivity contribution in [3.63, 3.8) is 0 Å². The molecule has 3 rings (SSSR count). The van der Waals surface area contributed by atoms with Crippen molar-refractivity contribution in [1.82, 2.24) is 5.06 Å². The first-order valence-corrected chi connectivity index (χ1v) is 7.63. The predicted octanol–water partition coefficient (Wildman–Crippen LogP) is 2.44. The molecule has 2 fully saturated rings. The molecule has 0 N–H and O–H groups in total. The maximum Gasteiger partial charge on any atom is 0.640 e. The summed E-state index contributed by atoms with van der Waals surface area (Å²) in [6, 6.07) is 0.0706. The lowest BCUT2D eigenvalue weighted by Gasteiger charge is -1.98. The highest BCUT2D eigenvalue weighted by Gasteiger charge is 2.32. The van der Waals surface area contributed by atoms with E-state index in [1.54, 1.807) is 0 Å². The van der Waals surface area contributed by atoms with Crippen molar-refractivity contribution >= 4 is 29.3 Å². The molecule has 22 heavy (non-hydrogen) atoms. The average Bonchev–Trinajstić information content (AvgIpc) is 3.22. The Bertz CT molecular complexity index is 542. The number of urea groups is 1. The molecular formula is C15H18N3O4+. The summed E-state index contributed by atoms with van der Waals surface area (Å²) in [6.45, 7) is 0. The van der Waals surface area contributed by atoms with Crippen LogP contribution in [0.15, 0.2) is 22.1 Å². The molecule has 2 saturated carbocycles. The smallest absolute Gasteiger partial charge is 0.266 e. The maximum atomic E-state index is 11.4. The zero-order valence-corrected chi connectivity index (χ0v) is 12.3. The summed E-state index contributed by atoms with van der Waals surface area (Å²) in [5, 5.41) is 0.545. The molecule has 116 valence electrons. The SMILES string of the molecule is O=C1C=CC(=O)N1O[O+]=C(N=C1CCCC1)N=C1CCCC1. The third kappa shape index (κ3) is 3.47. The number of nitrogens with zero attached hydrogens (tertiary/aromatic N) is 3. The van der Waals surface area contributed by atoms with E-state index in [4.69, 9.17) is 9.56 Å². The van der Waals surface area contributed by atoms with Crippen LogP contribution < -0.4 is 0 Å². The zero-order valence-electron chi connectivity index (χ0n) is 12.3. The molecule has 0 spiro atoms. The number of aliphatic imine (C=N–C) groups is 2. The van der Waals surface area contributed by atoms with Gasteiger partial charge in [-0.3, -0.25) is 9.59 Å². The fraction of sp³-hybridized carbons (Fsp3) is 0.533. The number of hydrogen-bond acceptors (Lipinski definition) is 3. The summed E-state index contributed by atoms with van der Waals surface area (Å²) in [4.78, 5) is 36.4. The third-order valence-corrected chi connectivity index (χ3v) is 3.82. The van der Waals surface area contributed by atoms with Crippen LogP contribution in [0.25, 0.3) is 0 Å². The molecule has 7 heteroatoms. The van der Waals surface area contributed by atoms with Gasteiger partial charge < -0.3 is 0 Å². The van der Waals surface area contributed by atoms with Gasteiger partial charge in [-0.15, -0.1) is 9.98 Å². The number of imide groups is 1. The first kappa shape index (κ1) is 14.6. The van der Waals surface area contributed by atoms with Gasteiger partial charge in [0.1, 0.15) is 4.58 Å². The Morgan fingerprint density at radius 3 is 1.82 bits per heavy atom. The van der Waals surface area contributed by atoms with E-state index in [2.05, 4.69) is 9.98 Å². The number of amides is 4. The lowest BCUT2D eigenvalue weighted by molar-refractivity contribution is -0.577. The summed E-state index contributed by atoms with van der Waals surface area (Å²) in [5.74, 6) is -1.15. The van der Waals surface area contributed by atoms with Gasteiger partial charge in [0.05, 0.1) is 0 Å². The van der Waals surface area contributed by atoms with Crippen molar-refractivity contribution in [2.45, 2.75) is 51.4 Å². The zero-order chi connectivity index (χ0) is 15.4. The molecule has 0 saturated heterocycles. The van der Waals surface area contributed by atoms with Gasteiger partial charge >= 0.3 is 6.03 Å². The van der Waals surface area contributed by atoms with Gasteiger partial charge in [-0.2, -0.15) is 0 Å². The van der Waals surface area contributed by atoms with Gasteiger partial charge in [0.15, 0.2) is 0 Å². The Balaban J connectivity index is 1.76. The Morgan fingerprint density at radius 2 is 1.36 bits per heavy atom. The van der Waals surface area contributed by atoms with Crippen molar-refractivity contribution in [3.05, 3.63) is 12.2 Å². The van der Waals surface area contributed by atoms with E-state index in [9.17, 15) is 9.59 Å². The molecule has 0 radical (unpaired) electrons. The molecule has 0 aromatic carbocycles. The monoisotopic (exact) mass is 304 g/mol.